The highest BCUT2D eigenvalue weighted by Gasteiger charge is 2.36. The molecule has 0 radical (unpaired) electrons. The number of fused-ring (bicyclic) bond motifs is 1. The van der Waals surface area contributed by atoms with Gasteiger partial charge in [0.15, 0.2) is 0 Å². The van der Waals surface area contributed by atoms with Crippen LogP contribution in [0.15, 0.2) is 0 Å². The van der Waals surface area contributed by atoms with Crippen LogP contribution in [-0.2, 0) is 21.8 Å². The Hall–Kier alpha value is -0.390. The summed E-state index contributed by atoms with van der Waals surface area (Å²) in [6.45, 7) is 0. The van der Waals surface area contributed by atoms with Crippen LogP contribution in [0.2, 0.25) is 0 Å². The average Bonchev–Trinajstić information content (AvgIpc) is 2.76. The van der Waals surface area contributed by atoms with Crippen LogP contribution < -0.4 is 0 Å². The lowest BCUT2D eigenvalue weighted by Crippen LogP contribution is -2.31. The highest BCUT2D eigenvalue weighted by atomic mass is 32.2. The number of aromatic amines is 1. The topological polar surface area (TPSA) is 37.9 Å². The standard InChI is InChI=1S/C14H20N2OS2/c1-17-14(6-4-2-3-5-7-14)13-15-11-9-19-8-10(11)12(18)16-13/h2-9H2,1H3,(H,15,16,18). The Kier molecular flexibility index (Phi) is 3.96. The molecule has 1 aromatic heterocycles. The average molecular weight is 296 g/mol. The molecule has 1 aromatic rings. The van der Waals surface area contributed by atoms with Crippen molar-refractivity contribution in [3.8, 4) is 0 Å². The number of hydrogen-bond acceptors (Lipinski definition) is 4. The van der Waals surface area contributed by atoms with Crippen molar-refractivity contribution < 1.29 is 4.74 Å². The molecule has 0 saturated heterocycles. The molecule has 1 aliphatic carbocycles. The van der Waals surface area contributed by atoms with Crippen molar-refractivity contribution in [3.05, 3.63) is 21.7 Å². The molecular formula is C14H20N2OS2. The maximum Gasteiger partial charge on any atom is 0.140 e. The Bertz CT molecular complexity index is 519. The molecule has 0 aromatic carbocycles. The van der Waals surface area contributed by atoms with Gasteiger partial charge in [0, 0.05) is 29.9 Å². The molecule has 2 heterocycles. The van der Waals surface area contributed by atoms with Gasteiger partial charge in [0.2, 0.25) is 0 Å². The number of hydrogen-bond donors (Lipinski definition) is 1. The zero-order valence-corrected chi connectivity index (χ0v) is 13.0. The Morgan fingerprint density at radius 3 is 2.63 bits per heavy atom. The minimum absolute atomic E-state index is 0.244. The first-order valence-corrected chi connectivity index (χ1v) is 8.57. The van der Waals surface area contributed by atoms with Crippen LogP contribution in [0.25, 0.3) is 0 Å². The fraction of sp³-hybridized carbons (Fsp3) is 0.714. The van der Waals surface area contributed by atoms with Crippen LogP contribution in [0.1, 0.15) is 55.6 Å². The van der Waals surface area contributed by atoms with Crippen molar-refractivity contribution in [1.29, 1.82) is 0 Å². The number of thioether (sulfide) groups is 1. The number of rotatable bonds is 2. The summed E-state index contributed by atoms with van der Waals surface area (Å²) >= 11 is 7.37. The van der Waals surface area contributed by atoms with Crippen molar-refractivity contribution in [2.75, 3.05) is 7.11 Å². The number of H-pyrrole nitrogens is 1. The first-order valence-electron chi connectivity index (χ1n) is 7.01. The molecule has 3 nitrogen and oxygen atoms in total. The van der Waals surface area contributed by atoms with E-state index in [2.05, 4.69) is 9.97 Å². The summed E-state index contributed by atoms with van der Waals surface area (Å²) < 4.78 is 6.69. The van der Waals surface area contributed by atoms with Crippen molar-refractivity contribution in [2.24, 2.45) is 0 Å². The molecule has 1 aliphatic heterocycles. The fourth-order valence-electron chi connectivity index (χ4n) is 3.12. The highest BCUT2D eigenvalue weighted by Crippen LogP contribution is 2.38. The summed E-state index contributed by atoms with van der Waals surface area (Å²) in [5.41, 5.74) is 2.25. The number of aromatic nitrogens is 2. The highest BCUT2D eigenvalue weighted by molar-refractivity contribution is 7.98. The molecule has 1 N–H and O–H groups in total. The lowest BCUT2D eigenvalue weighted by Gasteiger charge is -2.30. The van der Waals surface area contributed by atoms with Gasteiger partial charge in [-0.2, -0.15) is 11.8 Å². The van der Waals surface area contributed by atoms with Crippen LogP contribution >= 0.6 is 24.0 Å². The third-order valence-corrected chi connectivity index (χ3v) is 5.65. The summed E-state index contributed by atoms with van der Waals surface area (Å²) in [6.07, 6.45) is 7.12. The quantitative estimate of drug-likeness (QED) is 0.659. The van der Waals surface area contributed by atoms with E-state index in [0.29, 0.717) is 0 Å². The van der Waals surface area contributed by atoms with E-state index in [0.717, 1.165) is 34.8 Å². The predicted molar refractivity (Wildman–Crippen MR) is 80.8 cm³/mol. The maximum absolute atomic E-state index is 5.91. The second kappa shape index (κ2) is 5.54. The van der Waals surface area contributed by atoms with Crippen molar-refractivity contribution >= 4 is 24.0 Å². The van der Waals surface area contributed by atoms with Gasteiger partial charge in [-0.1, -0.05) is 37.9 Å². The van der Waals surface area contributed by atoms with E-state index in [4.69, 9.17) is 17.0 Å². The molecule has 0 amide bonds. The predicted octanol–water partition coefficient (Wildman–Crippen LogP) is 4.08. The largest absolute Gasteiger partial charge is 0.370 e. The fourth-order valence-corrected chi connectivity index (χ4v) is 4.57. The van der Waals surface area contributed by atoms with E-state index in [1.807, 2.05) is 18.9 Å². The number of ether oxygens (including phenoxy) is 1. The molecule has 0 unspecified atom stereocenters. The molecule has 0 atom stereocenters. The Balaban J connectivity index is 2.04. The van der Waals surface area contributed by atoms with Crippen LogP contribution in [0.5, 0.6) is 0 Å². The van der Waals surface area contributed by atoms with Gasteiger partial charge in [-0.05, 0) is 12.8 Å². The summed E-state index contributed by atoms with van der Waals surface area (Å²) in [5, 5.41) is 0. The summed E-state index contributed by atoms with van der Waals surface area (Å²) in [7, 11) is 1.81. The van der Waals surface area contributed by atoms with Crippen LogP contribution in [-0.4, -0.2) is 17.1 Å². The van der Waals surface area contributed by atoms with E-state index in [-0.39, 0.29) is 5.60 Å². The van der Waals surface area contributed by atoms with Crippen LogP contribution in [0.4, 0.5) is 0 Å². The van der Waals surface area contributed by atoms with Gasteiger partial charge in [-0.3, -0.25) is 0 Å². The van der Waals surface area contributed by atoms with Gasteiger partial charge in [0.25, 0.3) is 0 Å². The lowest BCUT2D eigenvalue weighted by molar-refractivity contribution is -0.0353. The Morgan fingerprint density at radius 1 is 1.21 bits per heavy atom. The van der Waals surface area contributed by atoms with Crippen molar-refractivity contribution in [1.82, 2.24) is 9.97 Å². The second-order valence-corrected chi connectivity index (χ2v) is 6.83. The zero-order chi connectivity index (χ0) is 13.3. The van der Waals surface area contributed by atoms with E-state index in [1.54, 1.807) is 0 Å². The second-order valence-electron chi connectivity index (χ2n) is 5.45. The zero-order valence-electron chi connectivity index (χ0n) is 11.3. The Morgan fingerprint density at radius 2 is 1.95 bits per heavy atom. The summed E-state index contributed by atoms with van der Waals surface area (Å²) in [4.78, 5) is 8.21. The molecular weight excluding hydrogens is 276 g/mol. The monoisotopic (exact) mass is 296 g/mol. The molecule has 5 heteroatoms. The molecule has 0 bridgehead atoms. The van der Waals surface area contributed by atoms with Gasteiger partial charge >= 0.3 is 0 Å². The van der Waals surface area contributed by atoms with E-state index >= 15 is 0 Å². The summed E-state index contributed by atoms with van der Waals surface area (Å²) in [6, 6.07) is 0. The minimum Gasteiger partial charge on any atom is -0.370 e. The smallest absolute Gasteiger partial charge is 0.140 e. The third kappa shape index (κ3) is 2.48. The van der Waals surface area contributed by atoms with Gasteiger partial charge in [0.1, 0.15) is 16.1 Å². The maximum atomic E-state index is 5.91. The summed E-state index contributed by atoms with van der Waals surface area (Å²) in [5.74, 6) is 2.98. The van der Waals surface area contributed by atoms with Crippen molar-refractivity contribution in [3.63, 3.8) is 0 Å². The molecule has 3 rings (SSSR count). The first kappa shape index (κ1) is 13.6. The molecule has 1 saturated carbocycles. The minimum atomic E-state index is -0.244. The third-order valence-electron chi connectivity index (χ3n) is 4.33. The Labute approximate surface area is 123 Å². The van der Waals surface area contributed by atoms with Gasteiger partial charge in [-0.15, -0.1) is 0 Å². The van der Waals surface area contributed by atoms with Crippen LogP contribution in [0.3, 0.4) is 0 Å². The molecule has 1 fully saturated rings. The normalized spacial score (nSPS) is 21.9. The molecule has 19 heavy (non-hydrogen) atoms. The van der Waals surface area contributed by atoms with Crippen molar-refractivity contribution in [2.45, 2.75) is 55.6 Å². The number of methoxy groups -OCH3 is 1. The first-order chi connectivity index (χ1) is 9.25. The van der Waals surface area contributed by atoms with Gasteiger partial charge < -0.3 is 9.72 Å². The van der Waals surface area contributed by atoms with Crippen LogP contribution in [0, 0.1) is 4.64 Å². The van der Waals surface area contributed by atoms with Gasteiger partial charge in [0.05, 0.1) is 0 Å². The lowest BCUT2D eigenvalue weighted by atomic mass is 9.93. The van der Waals surface area contributed by atoms with Gasteiger partial charge in [-0.25, -0.2) is 4.98 Å². The number of nitrogens with one attached hydrogen (secondary N) is 1. The number of nitrogens with zero attached hydrogens (tertiary/aromatic N) is 1. The van der Waals surface area contributed by atoms with E-state index in [1.165, 1.54) is 36.9 Å². The SMILES string of the molecule is COC1(c2nc(=S)c3c([nH]2)CSC3)CCCCCC1. The molecule has 2 aliphatic rings. The van der Waals surface area contributed by atoms with E-state index < -0.39 is 0 Å². The molecule has 0 spiro atoms. The molecule has 104 valence electrons. The van der Waals surface area contributed by atoms with E-state index in [9.17, 15) is 0 Å².